The van der Waals surface area contributed by atoms with E-state index in [0.29, 0.717) is 0 Å². The van der Waals surface area contributed by atoms with E-state index in [4.69, 9.17) is 5.10 Å². The number of fused-ring (bicyclic) bond motifs is 1. The highest BCUT2D eigenvalue weighted by molar-refractivity contribution is 5.80. The smallest absolute Gasteiger partial charge is 0.163 e. The highest BCUT2D eigenvalue weighted by Gasteiger charge is 2.12. The van der Waals surface area contributed by atoms with E-state index in [0.717, 1.165) is 29.0 Å². The van der Waals surface area contributed by atoms with Crippen LogP contribution >= 0.6 is 0 Å². The molecule has 4 heteroatoms. The zero-order valence-corrected chi connectivity index (χ0v) is 12.9. The molecule has 0 bridgehead atoms. The normalized spacial score (nSPS) is 11.2. The van der Waals surface area contributed by atoms with Gasteiger partial charge >= 0.3 is 0 Å². The molecule has 3 aromatic rings. The second-order valence-corrected chi connectivity index (χ2v) is 5.53. The summed E-state index contributed by atoms with van der Waals surface area (Å²) in [6.45, 7) is 7.05. The average Bonchev–Trinajstić information content (AvgIpc) is 2.79. The van der Waals surface area contributed by atoms with Crippen molar-refractivity contribution in [1.82, 2.24) is 20.1 Å². The summed E-state index contributed by atoms with van der Waals surface area (Å²) in [7, 11) is 1.94. The number of aryl methyl sites for hydroxylation is 3. The minimum atomic E-state index is 0.817. The number of rotatable bonds is 3. The van der Waals surface area contributed by atoms with Crippen molar-refractivity contribution in [2.45, 2.75) is 27.3 Å². The monoisotopic (exact) mass is 280 g/mol. The van der Waals surface area contributed by atoms with Crippen LogP contribution in [0.25, 0.3) is 16.7 Å². The first-order chi connectivity index (χ1) is 10.1. The molecule has 0 radical (unpaired) electrons. The molecule has 1 N–H and O–H groups in total. The largest absolute Gasteiger partial charge is 0.316 e. The predicted octanol–water partition coefficient (Wildman–Crippen LogP) is 3.07. The van der Waals surface area contributed by atoms with Gasteiger partial charge in [0.25, 0.3) is 0 Å². The molecule has 2 aromatic heterocycles. The third-order valence-corrected chi connectivity index (χ3v) is 3.74. The van der Waals surface area contributed by atoms with Gasteiger partial charge in [0.15, 0.2) is 5.65 Å². The van der Waals surface area contributed by atoms with Gasteiger partial charge in [-0.3, -0.25) is 0 Å². The van der Waals surface area contributed by atoms with Crippen LogP contribution in [-0.2, 0) is 6.54 Å². The lowest BCUT2D eigenvalue weighted by Gasteiger charge is -2.08. The van der Waals surface area contributed by atoms with Gasteiger partial charge in [-0.1, -0.05) is 12.1 Å². The Kier molecular flexibility index (Phi) is 3.47. The van der Waals surface area contributed by atoms with Crippen LogP contribution in [-0.4, -0.2) is 21.8 Å². The summed E-state index contributed by atoms with van der Waals surface area (Å²) in [6, 6.07) is 8.58. The third kappa shape index (κ3) is 2.43. The second kappa shape index (κ2) is 5.30. The first-order valence-electron chi connectivity index (χ1n) is 7.16. The number of hydrogen-bond donors (Lipinski definition) is 1. The highest BCUT2D eigenvalue weighted by Crippen LogP contribution is 2.23. The molecule has 0 saturated carbocycles. The fourth-order valence-corrected chi connectivity index (χ4v) is 2.60. The van der Waals surface area contributed by atoms with Crippen molar-refractivity contribution < 1.29 is 0 Å². The molecular weight excluding hydrogens is 260 g/mol. The molecule has 1 aromatic carbocycles. The van der Waals surface area contributed by atoms with Gasteiger partial charge in [-0.05, 0) is 56.6 Å². The van der Waals surface area contributed by atoms with Crippen LogP contribution in [0.3, 0.4) is 0 Å². The lowest BCUT2D eigenvalue weighted by Crippen LogP contribution is -2.05. The molecular formula is C17H20N4. The van der Waals surface area contributed by atoms with Crippen molar-refractivity contribution in [1.29, 1.82) is 0 Å². The van der Waals surface area contributed by atoms with Gasteiger partial charge in [-0.2, -0.15) is 5.10 Å². The van der Waals surface area contributed by atoms with Crippen LogP contribution in [0.5, 0.6) is 0 Å². The maximum Gasteiger partial charge on any atom is 0.163 e. The van der Waals surface area contributed by atoms with Crippen LogP contribution < -0.4 is 5.32 Å². The first-order valence-corrected chi connectivity index (χ1v) is 7.16. The van der Waals surface area contributed by atoms with Crippen LogP contribution in [0, 0.1) is 20.8 Å². The molecule has 0 aliphatic rings. The number of hydrogen-bond acceptors (Lipinski definition) is 3. The molecule has 2 heterocycles. The number of nitrogens with one attached hydrogen (secondary N) is 1. The molecule has 21 heavy (non-hydrogen) atoms. The van der Waals surface area contributed by atoms with E-state index in [-0.39, 0.29) is 0 Å². The summed E-state index contributed by atoms with van der Waals surface area (Å²) in [5.74, 6) is 0. The predicted molar refractivity (Wildman–Crippen MR) is 85.8 cm³/mol. The number of pyridine rings is 1. The van der Waals surface area contributed by atoms with E-state index < -0.39 is 0 Å². The molecule has 108 valence electrons. The highest BCUT2D eigenvalue weighted by atomic mass is 15.3. The fourth-order valence-electron chi connectivity index (χ4n) is 2.60. The molecule has 0 unspecified atom stereocenters. The molecule has 0 saturated heterocycles. The van der Waals surface area contributed by atoms with Crippen LogP contribution in [0.15, 0.2) is 30.5 Å². The lowest BCUT2D eigenvalue weighted by atomic mass is 10.1. The van der Waals surface area contributed by atoms with Crippen molar-refractivity contribution in [3.8, 4) is 5.69 Å². The molecule has 0 aliphatic heterocycles. The Hall–Kier alpha value is -2.20. The van der Waals surface area contributed by atoms with Gasteiger partial charge < -0.3 is 5.32 Å². The molecule has 4 nitrogen and oxygen atoms in total. The zero-order chi connectivity index (χ0) is 15.0. The maximum atomic E-state index is 4.70. The summed E-state index contributed by atoms with van der Waals surface area (Å²) in [5.41, 5.74) is 6.63. The Balaban J connectivity index is 2.22. The first kappa shape index (κ1) is 13.8. The molecule has 0 amide bonds. The Morgan fingerprint density at radius 2 is 1.95 bits per heavy atom. The number of nitrogens with zero attached hydrogens (tertiary/aromatic N) is 3. The molecule has 0 spiro atoms. The van der Waals surface area contributed by atoms with E-state index in [9.17, 15) is 0 Å². The number of benzene rings is 1. The Morgan fingerprint density at radius 1 is 1.14 bits per heavy atom. The SMILES string of the molecule is CNCc1cnc2c(c1)c(C)nn2-c1cc(C)ccc1C. The summed E-state index contributed by atoms with van der Waals surface area (Å²) in [6.07, 6.45) is 1.92. The second-order valence-electron chi connectivity index (χ2n) is 5.53. The zero-order valence-electron chi connectivity index (χ0n) is 12.9. The lowest BCUT2D eigenvalue weighted by molar-refractivity contribution is 0.814. The molecule has 0 fully saturated rings. The van der Waals surface area contributed by atoms with Crippen molar-refractivity contribution in [2.75, 3.05) is 7.05 Å². The van der Waals surface area contributed by atoms with Gasteiger partial charge in [-0.15, -0.1) is 0 Å². The summed E-state index contributed by atoms with van der Waals surface area (Å²) >= 11 is 0. The van der Waals surface area contributed by atoms with Gasteiger partial charge in [0.05, 0.1) is 11.4 Å². The van der Waals surface area contributed by atoms with Crippen molar-refractivity contribution in [2.24, 2.45) is 0 Å². The fraction of sp³-hybridized carbons (Fsp3) is 0.294. The molecule has 0 aliphatic carbocycles. The molecule has 3 rings (SSSR count). The van der Waals surface area contributed by atoms with E-state index >= 15 is 0 Å². The van der Waals surface area contributed by atoms with Crippen molar-refractivity contribution >= 4 is 11.0 Å². The average molecular weight is 280 g/mol. The van der Waals surface area contributed by atoms with Gasteiger partial charge in [0.2, 0.25) is 0 Å². The third-order valence-electron chi connectivity index (χ3n) is 3.74. The van der Waals surface area contributed by atoms with Crippen LogP contribution in [0.4, 0.5) is 0 Å². The van der Waals surface area contributed by atoms with Gasteiger partial charge in [0, 0.05) is 18.1 Å². The van der Waals surface area contributed by atoms with Crippen LogP contribution in [0.1, 0.15) is 22.4 Å². The van der Waals surface area contributed by atoms with E-state index in [1.807, 2.05) is 24.9 Å². The number of aromatic nitrogens is 3. The topological polar surface area (TPSA) is 42.7 Å². The quantitative estimate of drug-likeness (QED) is 0.802. The van der Waals surface area contributed by atoms with E-state index in [2.05, 4.69) is 48.4 Å². The van der Waals surface area contributed by atoms with Gasteiger partial charge in [0.1, 0.15) is 0 Å². The summed E-state index contributed by atoms with van der Waals surface area (Å²) < 4.78 is 1.95. The Bertz CT molecular complexity index is 802. The Morgan fingerprint density at radius 3 is 2.71 bits per heavy atom. The summed E-state index contributed by atoms with van der Waals surface area (Å²) in [5, 5.41) is 8.97. The van der Waals surface area contributed by atoms with Crippen molar-refractivity contribution in [3.63, 3.8) is 0 Å². The molecule has 0 atom stereocenters. The Labute approximate surface area is 124 Å². The van der Waals surface area contributed by atoms with E-state index in [1.54, 1.807) is 0 Å². The summed E-state index contributed by atoms with van der Waals surface area (Å²) in [4.78, 5) is 4.63. The minimum Gasteiger partial charge on any atom is -0.316 e. The van der Waals surface area contributed by atoms with Gasteiger partial charge in [-0.25, -0.2) is 9.67 Å². The maximum absolute atomic E-state index is 4.70. The minimum absolute atomic E-state index is 0.817. The van der Waals surface area contributed by atoms with Crippen LogP contribution in [0.2, 0.25) is 0 Å². The van der Waals surface area contributed by atoms with E-state index in [1.165, 1.54) is 16.7 Å². The van der Waals surface area contributed by atoms with Crippen molar-refractivity contribution in [3.05, 3.63) is 52.8 Å². The standard InChI is InChI=1S/C17H20N4/c1-11-5-6-12(2)16(7-11)21-17-15(13(3)20-21)8-14(9-18-4)10-19-17/h5-8,10,18H,9H2,1-4H3.